The van der Waals surface area contributed by atoms with Crippen LogP contribution in [-0.2, 0) is 22.7 Å². The van der Waals surface area contributed by atoms with E-state index < -0.39 is 0 Å². The molecule has 2 amide bonds. The number of hydrogen-bond acceptors (Lipinski definition) is 5. The second kappa shape index (κ2) is 9.44. The molecule has 2 rings (SSSR count). The smallest absolute Gasteiger partial charge is 0.239 e. The summed E-state index contributed by atoms with van der Waals surface area (Å²) >= 11 is 3.36. The van der Waals surface area contributed by atoms with Gasteiger partial charge in [0.2, 0.25) is 11.8 Å². The predicted octanol–water partition coefficient (Wildman–Crippen LogP) is 2.06. The van der Waals surface area contributed by atoms with Gasteiger partial charge in [0.25, 0.3) is 0 Å². The van der Waals surface area contributed by atoms with E-state index in [-0.39, 0.29) is 24.9 Å². The fraction of sp³-hybridized carbons (Fsp3) is 0.375. The van der Waals surface area contributed by atoms with Gasteiger partial charge in [-0.15, -0.1) is 22.7 Å². The maximum Gasteiger partial charge on any atom is 0.239 e. The molecule has 0 aliphatic rings. The molecular weight excluding hydrogens is 330 g/mol. The first-order chi connectivity index (χ1) is 11.2. The second-order valence-electron chi connectivity index (χ2n) is 5.03. The van der Waals surface area contributed by atoms with Crippen molar-refractivity contribution in [2.45, 2.75) is 20.0 Å². The van der Waals surface area contributed by atoms with Gasteiger partial charge in [-0.05, 0) is 29.8 Å². The molecule has 0 atom stereocenters. The van der Waals surface area contributed by atoms with Crippen LogP contribution in [0.25, 0.3) is 0 Å². The van der Waals surface area contributed by atoms with Gasteiger partial charge in [-0.3, -0.25) is 14.5 Å². The van der Waals surface area contributed by atoms with Crippen LogP contribution < -0.4 is 10.6 Å². The van der Waals surface area contributed by atoms with Crippen molar-refractivity contribution >= 4 is 34.5 Å². The van der Waals surface area contributed by atoms with Crippen molar-refractivity contribution in [2.75, 3.05) is 19.6 Å². The van der Waals surface area contributed by atoms with Crippen LogP contribution >= 0.6 is 22.7 Å². The van der Waals surface area contributed by atoms with Crippen molar-refractivity contribution in [3.63, 3.8) is 0 Å². The predicted molar refractivity (Wildman–Crippen MR) is 94.4 cm³/mol. The van der Waals surface area contributed by atoms with Gasteiger partial charge in [-0.2, -0.15) is 0 Å². The maximum absolute atomic E-state index is 12.1. The van der Waals surface area contributed by atoms with Gasteiger partial charge in [-0.1, -0.05) is 12.1 Å². The number of amides is 2. The van der Waals surface area contributed by atoms with Crippen molar-refractivity contribution < 1.29 is 9.59 Å². The first-order valence-corrected chi connectivity index (χ1v) is 9.24. The third-order valence-electron chi connectivity index (χ3n) is 3.11. The fourth-order valence-corrected chi connectivity index (χ4v) is 3.60. The Morgan fingerprint density at radius 2 is 1.61 bits per heavy atom. The van der Waals surface area contributed by atoms with Gasteiger partial charge in [0, 0.05) is 29.4 Å². The summed E-state index contributed by atoms with van der Waals surface area (Å²) in [6, 6.07) is 8.16. The molecule has 0 fully saturated rings. The van der Waals surface area contributed by atoms with Gasteiger partial charge in [-0.25, -0.2) is 0 Å². The summed E-state index contributed by atoms with van der Waals surface area (Å²) in [4.78, 5) is 28.0. The quantitative estimate of drug-likeness (QED) is 0.727. The monoisotopic (exact) mass is 351 g/mol. The Labute approximate surface area is 144 Å². The second-order valence-corrected chi connectivity index (χ2v) is 7.10. The molecule has 0 bridgehead atoms. The Kier molecular flexibility index (Phi) is 7.25. The Bertz CT molecular complexity index is 561. The number of rotatable bonds is 9. The molecule has 5 nitrogen and oxygen atoms in total. The minimum absolute atomic E-state index is 0.0263. The lowest BCUT2D eigenvalue weighted by molar-refractivity contribution is -0.126. The van der Waals surface area contributed by atoms with E-state index >= 15 is 0 Å². The summed E-state index contributed by atoms with van der Waals surface area (Å²) in [5.41, 5.74) is 0. The Morgan fingerprint density at radius 3 is 2.09 bits per heavy atom. The number of likely N-dealkylation sites (N-methyl/N-ethyl adjacent to an activating group) is 1. The summed E-state index contributed by atoms with van der Waals surface area (Å²) in [6.07, 6.45) is 0. The van der Waals surface area contributed by atoms with Crippen LogP contribution in [0.2, 0.25) is 0 Å². The normalized spacial score (nSPS) is 10.7. The van der Waals surface area contributed by atoms with Gasteiger partial charge >= 0.3 is 0 Å². The maximum atomic E-state index is 12.1. The SMILES string of the molecule is CCNC(=O)CNC(=O)CN(Cc1cccs1)Cc1cccs1. The first-order valence-electron chi connectivity index (χ1n) is 7.48. The standard InChI is InChI=1S/C16H21N3O2S2/c1-2-17-15(20)9-18-16(21)12-19(10-13-5-3-7-22-13)11-14-6-4-8-23-14/h3-8H,2,9-12H2,1H3,(H,17,20)(H,18,21). The molecule has 0 aromatic carbocycles. The van der Waals surface area contributed by atoms with E-state index in [1.165, 1.54) is 9.75 Å². The molecule has 0 saturated carbocycles. The van der Waals surface area contributed by atoms with Gasteiger partial charge in [0.15, 0.2) is 0 Å². The molecule has 7 heteroatoms. The Hall–Kier alpha value is -1.70. The zero-order valence-electron chi connectivity index (χ0n) is 13.1. The minimum Gasteiger partial charge on any atom is -0.355 e. The average molecular weight is 351 g/mol. The third kappa shape index (κ3) is 6.52. The highest BCUT2D eigenvalue weighted by molar-refractivity contribution is 7.10. The van der Waals surface area contributed by atoms with Gasteiger partial charge < -0.3 is 10.6 Å². The molecule has 0 unspecified atom stereocenters. The molecule has 0 radical (unpaired) electrons. The first kappa shape index (κ1) is 17.7. The van der Waals surface area contributed by atoms with Crippen molar-refractivity contribution in [1.82, 2.24) is 15.5 Å². The molecule has 2 heterocycles. The van der Waals surface area contributed by atoms with Crippen LogP contribution in [0.1, 0.15) is 16.7 Å². The van der Waals surface area contributed by atoms with E-state index in [1.54, 1.807) is 22.7 Å². The van der Waals surface area contributed by atoms with E-state index in [0.29, 0.717) is 6.54 Å². The minimum atomic E-state index is -0.163. The highest BCUT2D eigenvalue weighted by Crippen LogP contribution is 2.16. The van der Waals surface area contributed by atoms with E-state index in [0.717, 1.165) is 13.1 Å². The third-order valence-corrected chi connectivity index (χ3v) is 4.83. The molecular formula is C16H21N3O2S2. The zero-order chi connectivity index (χ0) is 16.5. The Balaban J connectivity index is 1.88. The van der Waals surface area contributed by atoms with E-state index in [9.17, 15) is 9.59 Å². The topological polar surface area (TPSA) is 61.4 Å². The van der Waals surface area contributed by atoms with E-state index in [1.807, 2.05) is 29.8 Å². The molecule has 0 spiro atoms. The summed E-state index contributed by atoms with van der Waals surface area (Å²) in [7, 11) is 0. The van der Waals surface area contributed by atoms with Crippen LogP contribution in [0.5, 0.6) is 0 Å². The number of carbonyl (C=O) groups is 2. The molecule has 0 aliphatic carbocycles. The molecule has 0 saturated heterocycles. The van der Waals surface area contributed by atoms with Crippen molar-refractivity contribution in [3.8, 4) is 0 Å². The number of nitrogens with one attached hydrogen (secondary N) is 2. The van der Waals surface area contributed by atoms with Crippen LogP contribution in [0, 0.1) is 0 Å². The van der Waals surface area contributed by atoms with E-state index in [2.05, 4.69) is 27.7 Å². The number of nitrogens with zero attached hydrogens (tertiary/aromatic N) is 1. The molecule has 0 aliphatic heterocycles. The van der Waals surface area contributed by atoms with Crippen molar-refractivity contribution in [2.24, 2.45) is 0 Å². The van der Waals surface area contributed by atoms with Crippen LogP contribution in [0.4, 0.5) is 0 Å². The van der Waals surface area contributed by atoms with Crippen LogP contribution in [-0.4, -0.2) is 36.3 Å². The molecule has 23 heavy (non-hydrogen) atoms. The molecule has 2 aromatic rings. The summed E-state index contributed by atoms with van der Waals surface area (Å²) in [5, 5.41) is 9.41. The number of thiophene rings is 2. The number of carbonyl (C=O) groups excluding carboxylic acids is 2. The molecule has 2 aromatic heterocycles. The van der Waals surface area contributed by atoms with Crippen LogP contribution in [0.3, 0.4) is 0 Å². The van der Waals surface area contributed by atoms with Crippen LogP contribution in [0.15, 0.2) is 35.0 Å². The lowest BCUT2D eigenvalue weighted by Crippen LogP contribution is -2.41. The lowest BCUT2D eigenvalue weighted by atomic mass is 10.3. The fourth-order valence-electron chi connectivity index (χ4n) is 2.11. The molecule has 2 N–H and O–H groups in total. The van der Waals surface area contributed by atoms with Gasteiger partial charge in [0.05, 0.1) is 13.1 Å². The number of hydrogen-bond donors (Lipinski definition) is 2. The summed E-state index contributed by atoms with van der Waals surface area (Å²) in [5.74, 6) is -0.298. The average Bonchev–Trinajstić information content (AvgIpc) is 3.19. The lowest BCUT2D eigenvalue weighted by Gasteiger charge is -2.20. The highest BCUT2D eigenvalue weighted by atomic mass is 32.1. The Morgan fingerprint density at radius 1 is 1.00 bits per heavy atom. The van der Waals surface area contributed by atoms with Crippen molar-refractivity contribution in [3.05, 3.63) is 44.8 Å². The van der Waals surface area contributed by atoms with Crippen molar-refractivity contribution in [1.29, 1.82) is 0 Å². The van der Waals surface area contributed by atoms with E-state index in [4.69, 9.17) is 0 Å². The van der Waals surface area contributed by atoms with Gasteiger partial charge in [0.1, 0.15) is 0 Å². The largest absolute Gasteiger partial charge is 0.355 e. The molecule has 124 valence electrons. The highest BCUT2D eigenvalue weighted by Gasteiger charge is 2.14. The zero-order valence-corrected chi connectivity index (χ0v) is 14.7. The summed E-state index contributed by atoms with van der Waals surface area (Å²) in [6.45, 7) is 4.17. The summed E-state index contributed by atoms with van der Waals surface area (Å²) < 4.78 is 0.